The Morgan fingerprint density at radius 1 is 1.40 bits per heavy atom. The predicted molar refractivity (Wildman–Crippen MR) is 58.2 cm³/mol. The summed E-state index contributed by atoms with van der Waals surface area (Å²) in [5.41, 5.74) is 1.06. The van der Waals surface area contributed by atoms with Crippen LogP contribution in [0.25, 0.3) is 0 Å². The van der Waals surface area contributed by atoms with E-state index >= 15 is 0 Å². The highest BCUT2D eigenvalue weighted by molar-refractivity contribution is 7.12. The Kier molecular flexibility index (Phi) is 3.12. The van der Waals surface area contributed by atoms with Crippen molar-refractivity contribution in [3.63, 3.8) is 0 Å². The highest BCUT2D eigenvalue weighted by Gasteiger charge is 1.99. The molecule has 0 radical (unpaired) electrons. The largest absolute Gasteiger partial charge is 0.306 e. The summed E-state index contributed by atoms with van der Waals surface area (Å²) < 4.78 is 0. The van der Waals surface area contributed by atoms with Gasteiger partial charge in [0, 0.05) is 29.9 Å². The minimum Gasteiger partial charge on any atom is -0.306 e. The highest BCUT2D eigenvalue weighted by Crippen LogP contribution is 2.14. The normalized spacial score (nSPS) is 10.1. The first kappa shape index (κ1) is 9.90. The van der Waals surface area contributed by atoms with E-state index in [0.717, 1.165) is 23.7 Å². The van der Waals surface area contributed by atoms with E-state index < -0.39 is 0 Å². The van der Waals surface area contributed by atoms with Crippen LogP contribution in [0.4, 0.5) is 0 Å². The molecule has 2 aromatic rings. The first-order valence-electron chi connectivity index (χ1n) is 4.56. The molecule has 2 aromatic heterocycles. The molecule has 2 heterocycles. The van der Waals surface area contributed by atoms with E-state index in [0.29, 0.717) is 0 Å². The van der Waals surface area contributed by atoms with Crippen molar-refractivity contribution in [3.8, 4) is 6.07 Å². The van der Waals surface area contributed by atoms with E-state index in [1.54, 1.807) is 6.20 Å². The molecule has 0 saturated carbocycles. The summed E-state index contributed by atoms with van der Waals surface area (Å²) in [7, 11) is 0. The van der Waals surface area contributed by atoms with Gasteiger partial charge in [0.25, 0.3) is 0 Å². The fraction of sp³-hybridized carbons (Fsp3) is 0.200. The molecule has 0 aliphatic carbocycles. The Morgan fingerprint density at radius 3 is 3.00 bits per heavy atom. The fourth-order valence-electron chi connectivity index (χ4n) is 1.24. The summed E-state index contributed by atoms with van der Waals surface area (Å²) in [6.07, 6.45) is 1.73. The van der Waals surface area contributed by atoms with Gasteiger partial charge in [0.1, 0.15) is 10.9 Å². The third-order valence-electron chi connectivity index (χ3n) is 1.94. The molecule has 0 amide bonds. The van der Waals surface area contributed by atoms with E-state index in [1.807, 2.05) is 18.2 Å². The van der Waals surface area contributed by atoms with Crippen molar-refractivity contribution in [2.75, 3.05) is 0 Å². The van der Waals surface area contributed by atoms with Crippen LogP contribution in [-0.2, 0) is 13.1 Å². The Balaban J connectivity index is 1.81. The number of aromatic nitrogens is 2. The molecule has 0 aliphatic heterocycles. The molecule has 0 aromatic carbocycles. The second-order valence-corrected chi connectivity index (χ2v) is 4.23. The standard InChI is InChI=1S/C10H10N4S/c11-5-9-1-2-10(15-9)7-12-6-8-3-4-13-14-8/h1-4,12H,6-7H2,(H,13,14). The van der Waals surface area contributed by atoms with Gasteiger partial charge in [-0.15, -0.1) is 11.3 Å². The van der Waals surface area contributed by atoms with E-state index in [2.05, 4.69) is 21.6 Å². The van der Waals surface area contributed by atoms with Crippen LogP contribution in [0.1, 0.15) is 15.4 Å². The first-order chi connectivity index (χ1) is 7.38. The number of thiophene rings is 1. The summed E-state index contributed by atoms with van der Waals surface area (Å²) >= 11 is 1.52. The number of nitriles is 1. The summed E-state index contributed by atoms with van der Waals surface area (Å²) in [4.78, 5) is 1.93. The molecular weight excluding hydrogens is 208 g/mol. The zero-order chi connectivity index (χ0) is 10.5. The van der Waals surface area contributed by atoms with Gasteiger partial charge in [-0.2, -0.15) is 10.4 Å². The summed E-state index contributed by atoms with van der Waals surface area (Å²) in [5.74, 6) is 0. The Bertz CT molecular complexity index is 452. The number of hydrogen-bond donors (Lipinski definition) is 2. The van der Waals surface area contributed by atoms with Crippen molar-refractivity contribution >= 4 is 11.3 Å². The minimum atomic E-state index is 0.758. The number of rotatable bonds is 4. The minimum absolute atomic E-state index is 0.758. The smallest absolute Gasteiger partial charge is 0.110 e. The molecule has 2 N–H and O–H groups in total. The third kappa shape index (κ3) is 2.65. The van der Waals surface area contributed by atoms with Gasteiger partial charge >= 0.3 is 0 Å². The van der Waals surface area contributed by atoms with Gasteiger partial charge in [0.2, 0.25) is 0 Å². The number of nitrogens with one attached hydrogen (secondary N) is 2. The molecule has 2 rings (SSSR count). The molecule has 0 bridgehead atoms. The second-order valence-electron chi connectivity index (χ2n) is 3.06. The molecule has 15 heavy (non-hydrogen) atoms. The summed E-state index contributed by atoms with van der Waals surface area (Å²) in [5, 5.41) is 18.7. The maximum Gasteiger partial charge on any atom is 0.110 e. The fourth-order valence-corrected chi connectivity index (χ4v) is 2.01. The van der Waals surface area contributed by atoms with Crippen LogP contribution in [0.15, 0.2) is 24.4 Å². The van der Waals surface area contributed by atoms with Gasteiger partial charge in [0.05, 0.1) is 0 Å². The van der Waals surface area contributed by atoms with Crippen LogP contribution in [0, 0.1) is 11.3 Å². The van der Waals surface area contributed by atoms with E-state index in [9.17, 15) is 0 Å². The summed E-state index contributed by atoms with van der Waals surface area (Å²) in [6, 6.07) is 7.88. The third-order valence-corrected chi connectivity index (χ3v) is 2.93. The lowest BCUT2D eigenvalue weighted by Gasteiger charge is -1.99. The molecular formula is C10H10N4S. The lowest BCUT2D eigenvalue weighted by Crippen LogP contribution is -2.11. The summed E-state index contributed by atoms with van der Waals surface area (Å²) in [6.45, 7) is 1.55. The number of H-pyrrole nitrogens is 1. The van der Waals surface area contributed by atoms with Gasteiger partial charge in [-0.1, -0.05) is 0 Å². The Labute approximate surface area is 91.6 Å². The van der Waals surface area contributed by atoms with Crippen LogP contribution in [0.3, 0.4) is 0 Å². The zero-order valence-corrected chi connectivity index (χ0v) is 8.84. The lowest BCUT2D eigenvalue weighted by molar-refractivity contribution is 0.684. The number of aromatic amines is 1. The molecule has 0 saturated heterocycles. The monoisotopic (exact) mass is 218 g/mol. The SMILES string of the molecule is N#Cc1ccc(CNCc2ccn[nH]2)s1. The maximum atomic E-state index is 8.65. The van der Waals surface area contributed by atoms with Crippen molar-refractivity contribution in [2.24, 2.45) is 0 Å². The van der Waals surface area contributed by atoms with Crippen LogP contribution in [-0.4, -0.2) is 10.2 Å². The average Bonchev–Trinajstić information content (AvgIpc) is 2.88. The van der Waals surface area contributed by atoms with Crippen molar-refractivity contribution in [1.82, 2.24) is 15.5 Å². The van der Waals surface area contributed by atoms with Crippen molar-refractivity contribution in [1.29, 1.82) is 5.26 Å². The van der Waals surface area contributed by atoms with Crippen LogP contribution < -0.4 is 5.32 Å². The zero-order valence-electron chi connectivity index (χ0n) is 8.03. The van der Waals surface area contributed by atoms with Crippen molar-refractivity contribution in [2.45, 2.75) is 13.1 Å². The Hall–Kier alpha value is -1.64. The average molecular weight is 218 g/mol. The molecule has 0 spiro atoms. The molecule has 0 aliphatic rings. The lowest BCUT2D eigenvalue weighted by atomic mass is 10.4. The molecule has 0 fully saturated rings. The van der Waals surface area contributed by atoms with E-state index in [1.165, 1.54) is 16.2 Å². The van der Waals surface area contributed by atoms with Crippen LogP contribution in [0.5, 0.6) is 0 Å². The molecule has 0 unspecified atom stereocenters. The van der Waals surface area contributed by atoms with Gasteiger partial charge in [-0.25, -0.2) is 0 Å². The molecule has 5 heteroatoms. The van der Waals surface area contributed by atoms with Crippen LogP contribution >= 0.6 is 11.3 Å². The van der Waals surface area contributed by atoms with Crippen molar-refractivity contribution < 1.29 is 0 Å². The van der Waals surface area contributed by atoms with Crippen molar-refractivity contribution in [3.05, 3.63) is 39.8 Å². The second kappa shape index (κ2) is 4.73. The number of nitrogens with zero attached hydrogens (tertiary/aromatic N) is 2. The van der Waals surface area contributed by atoms with E-state index in [-0.39, 0.29) is 0 Å². The molecule has 4 nitrogen and oxygen atoms in total. The molecule has 0 atom stereocenters. The first-order valence-corrected chi connectivity index (χ1v) is 5.38. The van der Waals surface area contributed by atoms with Gasteiger partial charge in [-0.05, 0) is 18.2 Å². The number of hydrogen-bond acceptors (Lipinski definition) is 4. The highest BCUT2D eigenvalue weighted by atomic mass is 32.1. The quantitative estimate of drug-likeness (QED) is 0.819. The topological polar surface area (TPSA) is 64.5 Å². The van der Waals surface area contributed by atoms with Gasteiger partial charge in [-0.3, -0.25) is 5.10 Å². The van der Waals surface area contributed by atoms with Gasteiger partial charge in [0.15, 0.2) is 0 Å². The molecule has 76 valence electrons. The van der Waals surface area contributed by atoms with Crippen LogP contribution in [0.2, 0.25) is 0 Å². The van der Waals surface area contributed by atoms with Gasteiger partial charge < -0.3 is 5.32 Å². The predicted octanol–water partition coefficient (Wildman–Crippen LogP) is 1.63. The maximum absolute atomic E-state index is 8.65. The van der Waals surface area contributed by atoms with E-state index in [4.69, 9.17) is 5.26 Å². The Morgan fingerprint density at radius 2 is 2.33 bits per heavy atom.